The maximum absolute atomic E-state index is 13.0. The maximum Gasteiger partial charge on any atom is 0.253 e. The second-order valence-electron chi connectivity index (χ2n) is 8.44. The molecule has 1 atom stereocenters. The number of hydrogen-bond acceptors (Lipinski definition) is 3. The highest BCUT2D eigenvalue weighted by Gasteiger charge is 2.25. The van der Waals surface area contributed by atoms with Crippen molar-refractivity contribution in [3.05, 3.63) is 77.9 Å². The molecule has 4 rings (SSSR count). The van der Waals surface area contributed by atoms with Gasteiger partial charge in [-0.1, -0.05) is 36.4 Å². The van der Waals surface area contributed by atoms with Crippen molar-refractivity contribution in [2.45, 2.75) is 12.8 Å². The zero-order valence-corrected chi connectivity index (χ0v) is 18.2. The van der Waals surface area contributed by atoms with E-state index in [0.29, 0.717) is 24.2 Å². The van der Waals surface area contributed by atoms with Crippen LogP contribution in [0.2, 0.25) is 0 Å². The summed E-state index contributed by atoms with van der Waals surface area (Å²) in [5, 5.41) is 5.12. The molecule has 1 heterocycles. The molecule has 1 unspecified atom stereocenters. The molecule has 0 saturated carbocycles. The smallest absolute Gasteiger partial charge is 0.253 e. The molecule has 0 bridgehead atoms. The van der Waals surface area contributed by atoms with Gasteiger partial charge in [0.1, 0.15) is 0 Å². The van der Waals surface area contributed by atoms with Gasteiger partial charge in [0.25, 0.3) is 11.8 Å². The number of likely N-dealkylation sites (tertiary alicyclic amines) is 1. The predicted octanol–water partition coefficient (Wildman–Crippen LogP) is 4.19. The Kier molecular flexibility index (Phi) is 6.21. The van der Waals surface area contributed by atoms with E-state index in [1.165, 1.54) is 0 Å². The van der Waals surface area contributed by atoms with E-state index in [0.717, 1.165) is 35.8 Å². The standard InChI is InChI=1S/C26H29N3O2/c1-28(2)22-14-12-21(13-15-22)26(31)29-16-6-7-19(18-29)17-27-25(30)24-11-5-9-20-8-3-4-10-23(20)24/h3-5,8-15,19H,6-7,16-18H2,1-2H3,(H,27,30). The van der Waals surface area contributed by atoms with Crippen molar-refractivity contribution in [2.75, 3.05) is 38.6 Å². The molecule has 1 aliphatic rings. The van der Waals surface area contributed by atoms with Crippen LogP contribution in [0.1, 0.15) is 33.6 Å². The fraction of sp³-hybridized carbons (Fsp3) is 0.308. The second-order valence-corrected chi connectivity index (χ2v) is 8.44. The molecule has 0 spiro atoms. The predicted molar refractivity (Wildman–Crippen MR) is 126 cm³/mol. The van der Waals surface area contributed by atoms with Crippen molar-refractivity contribution >= 4 is 28.3 Å². The van der Waals surface area contributed by atoms with Gasteiger partial charge in [0, 0.05) is 50.5 Å². The first-order chi connectivity index (χ1) is 15.0. The molecule has 5 heteroatoms. The Labute approximate surface area is 183 Å². The summed E-state index contributed by atoms with van der Waals surface area (Å²) in [4.78, 5) is 29.7. The number of nitrogens with one attached hydrogen (secondary N) is 1. The number of hydrogen-bond donors (Lipinski definition) is 1. The molecule has 0 aliphatic carbocycles. The van der Waals surface area contributed by atoms with Crippen LogP contribution in [0.25, 0.3) is 10.8 Å². The SMILES string of the molecule is CN(C)c1ccc(C(=O)N2CCCC(CNC(=O)c3cccc4ccccc34)C2)cc1. The van der Waals surface area contributed by atoms with Crippen LogP contribution in [0.5, 0.6) is 0 Å². The molecule has 1 fully saturated rings. The van der Waals surface area contributed by atoms with Gasteiger partial charge in [-0.05, 0) is 59.9 Å². The lowest BCUT2D eigenvalue weighted by Gasteiger charge is -2.33. The second kappa shape index (κ2) is 9.21. The van der Waals surface area contributed by atoms with Crippen LogP contribution in [-0.4, -0.2) is 50.4 Å². The van der Waals surface area contributed by atoms with Gasteiger partial charge in [-0.15, -0.1) is 0 Å². The summed E-state index contributed by atoms with van der Waals surface area (Å²) in [6, 6.07) is 21.5. The van der Waals surface area contributed by atoms with Gasteiger partial charge in [-0.3, -0.25) is 9.59 Å². The van der Waals surface area contributed by atoms with E-state index < -0.39 is 0 Å². The summed E-state index contributed by atoms with van der Waals surface area (Å²) < 4.78 is 0. The molecular weight excluding hydrogens is 386 g/mol. The number of anilines is 1. The first-order valence-electron chi connectivity index (χ1n) is 10.9. The highest BCUT2D eigenvalue weighted by Crippen LogP contribution is 2.21. The molecule has 1 saturated heterocycles. The van der Waals surface area contributed by atoms with Gasteiger partial charge in [0.2, 0.25) is 0 Å². The van der Waals surface area contributed by atoms with Gasteiger partial charge in [0.05, 0.1) is 0 Å². The van der Waals surface area contributed by atoms with Crippen molar-refractivity contribution in [3.8, 4) is 0 Å². The van der Waals surface area contributed by atoms with Crippen LogP contribution in [0.4, 0.5) is 5.69 Å². The minimum absolute atomic E-state index is 0.0560. The van der Waals surface area contributed by atoms with Crippen LogP contribution >= 0.6 is 0 Å². The first kappa shape index (κ1) is 20.9. The van der Waals surface area contributed by atoms with Gasteiger partial charge in [-0.25, -0.2) is 0 Å². The normalized spacial score (nSPS) is 16.2. The average molecular weight is 416 g/mol. The molecular formula is C26H29N3O2. The molecule has 1 N–H and O–H groups in total. The molecule has 3 aromatic carbocycles. The van der Waals surface area contributed by atoms with Crippen molar-refractivity contribution in [1.82, 2.24) is 10.2 Å². The lowest BCUT2D eigenvalue weighted by Crippen LogP contribution is -2.43. The summed E-state index contributed by atoms with van der Waals surface area (Å²) in [5.41, 5.74) is 2.48. The summed E-state index contributed by atoms with van der Waals surface area (Å²) >= 11 is 0. The fourth-order valence-corrected chi connectivity index (χ4v) is 4.26. The van der Waals surface area contributed by atoms with Crippen molar-refractivity contribution in [1.29, 1.82) is 0 Å². The Morgan fingerprint density at radius 1 is 1.00 bits per heavy atom. The van der Waals surface area contributed by atoms with E-state index in [4.69, 9.17) is 0 Å². The number of carbonyl (C=O) groups excluding carboxylic acids is 2. The van der Waals surface area contributed by atoms with E-state index in [1.807, 2.05) is 90.6 Å². The third-order valence-electron chi connectivity index (χ3n) is 6.02. The molecule has 160 valence electrons. The van der Waals surface area contributed by atoms with E-state index in [1.54, 1.807) is 0 Å². The minimum Gasteiger partial charge on any atom is -0.378 e. The Hall–Kier alpha value is -3.34. The van der Waals surface area contributed by atoms with E-state index in [9.17, 15) is 9.59 Å². The van der Waals surface area contributed by atoms with Gasteiger partial charge in [-0.2, -0.15) is 0 Å². The minimum atomic E-state index is -0.0560. The van der Waals surface area contributed by atoms with E-state index in [-0.39, 0.29) is 17.7 Å². The summed E-state index contributed by atoms with van der Waals surface area (Å²) in [6.45, 7) is 2.01. The molecule has 3 aromatic rings. The van der Waals surface area contributed by atoms with Crippen molar-refractivity contribution < 1.29 is 9.59 Å². The third-order valence-corrected chi connectivity index (χ3v) is 6.02. The summed E-state index contributed by atoms with van der Waals surface area (Å²) in [6.07, 6.45) is 1.97. The number of benzene rings is 3. The molecule has 31 heavy (non-hydrogen) atoms. The van der Waals surface area contributed by atoms with Crippen molar-refractivity contribution in [2.24, 2.45) is 5.92 Å². The monoisotopic (exact) mass is 415 g/mol. The molecule has 0 aromatic heterocycles. The molecule has 0 radical (unpaired) electrons. The largest absolute Gasteiger partial charge is 0.378 e. The molecule has 1 aliphatic heterocycles. The zero-order valence-electron chi connectivity index (χ0n) is 18.2. The first-order valence-corrected chi connectivity index (χ1v) is 10.9. The van der Waals surface area contributed by atoms with Gasteiger partial charge >= 0.3 is 0 Å². The Morgan fingerprint density at radius 2 is 1.74 bits per heavy atom. The summed E-state index contributed by atoms with van der Waals surface area (Å²) in [5.74, 6) is 0.271. The number of piperidine rings is 1. The number of rotatable bonds is 5. The third kappa shape index (κ3) is 4.71. The lowest BCUT2D eigenvalue weighted by atomic mass is 9.97. The Balaban J connectivity index is 1.37. The van der Waals surface area contributed by atoms with Crippen LogP contribution < -0.4 is 10.2 Å². The Bertz CT molecular complexity index is 1070. The van der Waals surface area contributed by atoms with Crippen LogP contribution in [0, 0.1) is 5.92 Å². The number of fused-ring (bicyclic) bond motifs is 1. The number of carbonyl (C=O) groups is 2. The van der Waals surface area contributed by atoms with Gasteiger partial charge < -0.3 is 15.1 Å². The van der Waals surface area contributed by atoms with E-state index >= 15 is 0 Å². The lowest BCUT2D eigenvalue weighted by molar-refractivity contribution is 0.0671. The average Bonchev–Trinajstić information content (AvgIpc) is 2.82. The highest BCUT2D eigenvalue weighted by molar-refractivity contribution is 6.07. The zero-order chi connectivity index (χ0) is 21.8. The fourth-order valence-electron chi connectivity index (χ4n) is 4.26. The van der Waals surface area contributed by atoms with Crippen LogP contribution in [0.15, 0.2) is 66.7 Å². The maximum atomic E-state index is 13.0. The van der Waals surface area contributed by atoms with Crippen molar-refractivity contribution in [3.63, 3.8) is 0 Å². The number of nitrogens with zero attached hydrogens (tertiary/aromatic N) is 2. The van der Waals surface area contributed by atoms with Crippen LogP contribution in [-0.2, 0) is 0 Å². The topological polar surface area (TPSA) is 52.7 Å². The summed E-state index contributed by atoms with van der Waals surface area (Å²) in [7, 11) is 3.97. The van der Waals surface area contributed by atoms with E-state index in [2.05, 4.69) is 5.32 Å². The number of amides is 2. The molecule has 5 nitrogen and oxygen atoms in total. The van der Waals surface area contributed by atoms with Crippen LogP contribution in [0.3, 0.4) is 0 Å². The molecule has 2 amide bonds. The van der Waals surface area contributed by atoms with Gasteiger partial charge in [0.15, 0.2) is 0 Å². The Morgan fingerprint density at radius 3 is 2.52 bits per heavy atom. The quantitative estimate of drug-likeness (QED) is 0.680. The highest BCUT2D eigenvalue weighted by atomic mass is 16.2.